The minimum absolute atomic E-state index is 0.378. The number of aromatic nitrogens is 1. The van der Waals surface area contributed by atoms with Crippen LogP contribution in [0, 0.1) is 17.8 Å². The van der Waals surface area contributed by atoms with Gasteiger partial charge in [0.2, 0.25) is 5.95 Å². The summed E-state index contributed by atoms with van der Waals surface area (Å²) in [5.74, 6) is 5.10. The number of hydrogen-bond acceptors (Lipinski definition) is 2. The van der Waals surface area contributed by atoms with Crippen LogP contribution in [0.5, 0.6) is 0 Å². The molecule has 0 atom stereocenters. The molecule has 74 valence electrons. The Bertz CT molecular complexity index is 368. The van der Waals surface area contributed by atoms with Crippen molar-refractivity contribution >= 4 is 11.6 Å². The molecule has 1 rings (SSSR count). The molecule has 4 heteroatoms. The summed E-state index contributed by atoms with van der Waals surface area (Å²) in [6, 6.07) is 1.23. The van der Waals surface area contributed by atoms with Gasteiger partial charge in [0.05, 0.1) is 5.02 Å². The highest BCUT2D eigenvalue weighted by molar-refractivity contribution is 6.31. The van der Waals surface area contributed by atoms with Crippen molar-refractivity contribution in [3.8, 4) is 11.8 Å². The minimum Gasteiger partial charge on any atom is -0.319 e. The summed E-state index contributed by atoms with van der Waals surface area (Å²) >= 11 is 5.76. The first-order valence-corrected chi connectivity index (χ1v) is 4.56. The Morgan fingerprint density at radius 2 is 2.43 bits per heavy atom. The predicted octanol–water partition coefficient (Wildman–Crippen LogP) is 1.84. The van der Waals surface area contributed by atoms with Gasteiger partial charge in [-0.05, 0) is 7.05 Å². The van der Waals surface area contributed by atoms with Crippen molar-refractivity contribution in [1.29, 1.82) is 0 Å². The quantitative estimate of drug-likeness (QED) is 0.460. The van der Waals surface area contributed by atoms with Crippen molar-refractivity contribution in [2.75, 3.05) is 13.6 Å². The summed E-state index contributed by atoms with van der Waals surface area (Å²) in [4.78, 5) is 3.41. The molecule has 0 aliphatic rings. The average molecular weight is 213 g/mol. The zero-order valence-corrected chi connectivity index (χ0v) is 8.53. The lowest BCUT2D eigenvalue weighted by Crippen LogP contribution is -2.05. The van der Waals surface area contributed by atoms with E-state index in [1.54, 1.807) is 0 Å². The number of nitrogens with one attached hydrogen (secondary N) is 1. The van der Waals surface area contributed by atoms with Crippen LogP contribution in [0.1, 0.15) is 12.0 Å². The fraction of sp³-hybridized carbons (Fsp3) is 0.300. The molecule has 0 aromatic carbocycles. The first kappa shape index (κ1) is 11.0. The summed E-state index contributed by atoms with van der Waals surface area (Å²) in [6.45, 7) is 0.804. The van der Waals surface area contributed by atoms with Gasteiger partial charge in [-0.1, -0.05) is 23.4 Å². The normalized spacial score (nSPS) is 9.36. The highest BCUT2D eigenvalue weighted by Gasteiger charge is 1.98. The maximum absolute atomic E-state index is 12.7. The van der Waals surface area contributed by atoms with Gasteiger partial charge in [0.25, 0.3) is 0 Å². The Hall–Kier alpha value is -1.11. The Morgan fingerprint density at radius 1 is 1.64 bits per heavy atom. The highest BCUT2D eigenvalue weighted by Crippen LogP contribution is 2.13. The monoisotopic (exact) mass is 212 g/mol. The van der Waals surface area contributed by atoms with Crippen LogP contribution in [-0.4, -0.2) is 18.6 Å². The van der Waals surface area contributed by atoms with Crippen LogP contribution >= 0.6 is 11.6 Å². The van der Waals surface area contributed by atoms with Crippen molar-refractivity contribution in [3.05, 3.63) is 28.8 Å². The molecule has 0 amide bonds. The number of nitrogens with zero attached hydrogens (tertiary/aromatic N) is 1. The predicted molar refractivity (Wildman–Crippen MR) is 54.6 cm³/mol. The van der Waals surface area contributed by atoms with Gasteiger partial charge in [-0.25, -0.2) is 4.98 Å². The van der Waals surface area contributed by atoms with Crippen LogP contribution in [0.15, 0.2) is 12.3 Å². The minimum atomic E-state index is -0.563. The van der Waals surface area contributed by atoms with E-state index in [1.807, 2.05) is 7.05 Å². The third-order valence-electron chi connectivity index (χ3n) is 1.55. The van der Waals surface area contributed by atoms with Gasteiger partial charge in [0.15, 0.2) is 0 Å². The third kappa shape index (κ3) is 3.33. The molecule has 0 unspecified atom stereocenters. The van der Waals surface area contributed by atoms with Crippen LogP contribution in [-0.2, 0) is 0 Å². The molecule has 0 aliphatic carbocycles. The Kier molecular flexibility index (Phi) is 4.37. The van der Waals surface area contributed by atoms with Crippen LogP contribution in [0.3, 0.4) is 0 Å². The number of pyridine rings is 1. The molecule has 0 saturated heterocycles. The van der Waals surface area contributed by atoms with Crippen LogP contribution < -0.4 is 5.32 Å². The van der Waals surface area contributed by atoms with E-state index < -0.39 is 5.95 Å². The Balaban J connectivity index is 2.73. The molecular weight excluding hydrogens is 203 g/mol. The zero-order valence-electron chi connectivity index (χ0n) is 7.77. The summed E-state index contributed by atoms with van der Waals surface area (Å²) in [5.41, 5.74) is 0.482. The topological polar surface area (TPSA) is 24.9 Å². The number of hydrogen-bond donors (Lipinski definition) is 1. The molecule has 1 aromatic rings. The molecule has 0 spiro atoms. The first-order valence-electron chi connectivity index (χ1n) is 4.18. The van der Waals surface area contributed by atoms with Gasteiger partial charge in [0, 0.05) is 30.8 Å². The molecular formula is C10H10ClFN2. The fourth-order valence-corrected chi connectivity index (χ4v) is 1.00. The standard InChI is InChI=1S/C10H10ClFN2/c1-13-5-3-2-4-8-6-10(12)14-7-9(8)11/h6-7,13H,3,5H2,1H3. The second-order valence-corrected chi connectivity index (χ2v) is 3.05. The van der Waals surface area contributed by atoms with E-state index in [1.165, 1.54) is 12.3 Å². The van der Waals surface area contributed by atoms with Gasteiger partial charge in [-0.2, -0.15) is 4.39 Å². The lowest BCUT2D eigenvalue weighted by Gasteiger charge is -1.94. The van der Waals surface area contributed by atoms with Gasteiger partial charge in [0.1, 0.15) is 0 Å². The maximum atomic E-state index is 12.7. The Labute approximate surface area is 87.5 Å². The van der Waals surface area contributed by atoms with E-state index in [-0.39, 0.29) is 0 Å². The molecule has 0 aliphatic heterocycles. The molecule has 1 N–H and O–H groups in total. The van der Waals surface area contributed by atoms with E-state index in [9.17, 15) is 4.39 Å². The van der Waals surface area contributed by atoms with Gasteiger partial charge in [-0.3, -0.25) is 0 Å². The second kappa shape index (κ2) is 5.58. The maximum Gasteiger partial charge on any atom is 0.214 e. The zero-order chi connectivity index (χ0) is 10.4. The van der Waals surface area contributed by atoms with Crippen molar-refractivity contribution in [1.82, 2.24) is 10.3 Å². The second-order valence-electron chi connectivity index (χ2n) is 2.64. The largest absolute Gasteiger partial charge is 0.319 e. The van der Waals surface area contributed by atoms with Gasteiger partial charge < -0.3 is 5.32 Å². The molecule has 0 radical (unpaired) electrons. The fourth-order valence-electron chi connectivity index (χ4n) is 0.854. The smallest absolute Gasteiger partial charge is 0.214 e. The van der Waals surface area contributed by atoms with Gasteiger partial charge in [-0.15, -0.1) is 0 Å². The molecule has 0 saturated carbocycles. The van der Waals surface area contributed by atoms with E-state index in [0.717, 1.165) is 6.54 Å². The molecule has 0 fully saturated rings. The third-order valence-corrected chi connectivity index (χ3v) is 1.85. The van der Waals surface area contributed by atoms with Crippen molar-refractivity contribution < 1.29 is 4.39 Å². The van der Waals surface area contributed by atoms with Gasteiger partial charge >= 0.3 is 0 Å². The lowest BCUT2D eigenvalue weighted by molar-refractivity contribution is 0.583. The molecule has 14 heavy (non-hydrogen) atoms. The van der Waals surface area contributed by atoms with E-state index in [0.29, 0.717) is 17.0 Å². The summed E-state index contributed by atoms with van der Waals surface area (Å²) < 4.78 is 12.7. The molecule has 2 nitrogen and oxygen atoms in total. The SMILES string of the molecule is CNCCC#Cc1cc(F)ncc1Cl. The van der Waals surface area contributed by atoms with Crippen LogP contribution in [0.4, 0.5) is 4.39 Å². The number of halogens is 2. The summed E-state index contributed by atoms with van der Waals surface area (Å²) in [6.07, 6.45) is 1.97. The highest BCUT2D eigenvalue weighted by atomic mass is 35.5. The first-order chi connectivity index (χ1) is 6.74. The lowest BCUT2D eigenvalue weighted by atomic mass is 10.2. The Morgan fingerprint density at radius 3 is 3.14 bits per heavy atom. The van der Waals surface area contributed by atoms with Crippen molar-refractivity contribution in [2.24, 2.45) is 0 Å². The molecule has 1 heterocycles. The molecule has 1 aromatic heterocycles. The van der Waals surface area contributed by atoms with Crippen molar-refractivity contribution in [2.45, 2.75) is 6.42 Å². The van der Waals surface area contributed by atoms with Crippen LogP contribution in [0.2, 0.25) is 5.02 Å². The van der Waals surface area contributed by atoms with E-state index >= 15 is 0 Å². The van der Waals surface area contributed by atoms with E-state index in [4.69, 9.17) is 11.6 Å². The summed E-state index contributed by atoms with van der Waals surface area (Å²) in [5, 5.41) is 3.34. The van der Waals surface area contributed by atoms with E-state index in [2.05, 4.69) is 22.1 Å². The van der Waals surface area contributed by atoms with Crippen molar-refractivity contribution in [3.63, 3.8) is 0 Å². The summed E-state index contributed by atoms with van der Waals surface area (Å²) in [7, 11) is 1.85. The van der Waals surface area contributed by atoms with Crippen LogP contribution in [0.25, 0.3) is 0 Å². The number of rotatable bonds is 2. The average Bonchev–Trinajstić information content (AvgIpc) is 2.18. The molecule has 0 bridgehead atoms.